The second kappa shape index (κ2) is 5.56. The average Bonchev–Trinajstić information content (AvgIpc) is 2.42. The summed E-state index contributed by atoms with van der Waals surface area (Å²) in [6.07, 6.45) is 0. The van der Waals surface area contributed by atoms with E-state index in [0.717, 1.165) is 15.0 Å². The topological polar surface area (TPSA) is 53.2 Å². The Bertz CT molecular complexity index is 665. The SMILES string of the molecule is Cc1[nH]c(=O)c(C(=O)N(C)c2ccccc2)cc1I. The fourth-order valence-corrected chi connectivity index (χ4v) is 2.15. The summed E-state index contributed by atoms with van der Waals surface area (Å²) in [5.41, 5.74) is 1.32. The third kappa shape index (κ3) is 2.86. The molecule has 1 heterocycles. The number of H-pyrrole nitrogens is 1. The number of aromatic amines is 1. The van der Waals surface area contributed by atoms with Crippen molar-refractivity contribution in [1.29, 1.82) is 0 Å². The maximum absolute atomic E-state index is 12.3. The number of hydrogen-bond donors (Lipinski definition) is 1. The molecular formula is C14H13IN2O2. The molecule has 0 atom stereocenters. The van der Waals surface area contributed by atoms with Crippen molar-refractivity contribution in [2.24, 2.45) is 0 Å². The molecule has 0 aliphatic rings. The zero-order valence-electron chi connectivity index (χ0n) is 10.6. The molecule has 0 aliphatic carbocycles. The number of amides is 1. The fourth-order valence-electron chi connectivity index (χ4n) is 1.71. The summed E-state index contributed by atoms with van der Waals surface area (Å²) in [7, 11) is 1.66. The normalized spacial score (nSPS) is 10.3. The van der Waals surface area contributed by atoms with E-state index in [9.17, 15) is 9.59 Å². The van der Waals surface area contributed by atoms with Crippen molar-refractivity contribution in [2.75, 3.05) is 11.9 Å². The van der Waals surface area contributed by atoms with Gasteiger partial charge in [0.2, 0.25) is 0 Å². The van der Waals surface area contributed by atoms with Crippen molar-refractivity contribution in [1.82, 2.24) is 4.98 Å². The Labute approximate surface area is 124 Å². The van der Waals surface area contributed by atoms with Gasteiger partial charge in [-0.3, -0.25) is 9.59 Å². The molecule has 1 N–H and O–H groups in total. The van der Waals surface area contributed by atoms with Crippen molar-refractivity contribution in [3.8, 4) is 0 Å². The monoisotopic (exact) mass is 368 g/mol. The lowest BCUT2D eigenvalue weighted by Gasteiger charge is -2.17. The Balaban J connectivity index is 2.40. The second-order valence-electron chi connectivity index (χ2n) is 4.18. The number of nitrogens with zero attached hydrogens (tertiary/aromatic N) is 1. The van der Waals surface area contributed by atoms with E-state index in [4.69, 9.17) is 0 Å². The van der Waals surface area contributed by atoms with Gasteiger partial charge in [0, 0.05) is 22.0 Å². The van der Waals surface area contributed by atoms with Gasteiger partial charge in [-0.05, 0) is 47.7 Å². The minimum Gasteiger partial charge on any atom is -0.325 e. The predicted molar refractivity (Wildman–Crippen MR) is 83.7 cm³/mol. The summed E-state index contributed by atoms with van der Waals surface area (Å²) in [5, 5.41) is 0. The van der Waals surface area contributed by atoms with Crippen LogP contribution in [0.4, 0.5) is 5.69 Å². The molecule has 0 fully saturated rings. The number of para-hydroxylation sites is 1. The van der Waals surface area contributed by atoms with Crippen LogP contribution in [0.15, 0.2) is 41.2 Å². The molecule has 98 valence electrons. The van der Waals surface area contributed by atoms with Crippen LogP contribution < -0.4 is 10.5 Å². The average molecular weight is 368 g/mol. The van der Waals surface area contributed by atoms with E-state index in [2.05, 4.69) is 27.6 Å². The fraction of sp³-hybridized carbons (Fsp3) is 0.143. The summed E-state index contributed by atoms with van der Waals surface area (Å²) in [6.45, 7) is 1.80. The zero-order valence-corrected chi connectivity index (χ0v) is 12.8. The smallest absolute Gasteiger partial charge is 0.263 e. The third-order valence-corrected chi connectivity index (χ3v) is 3.97. The van der Waals surface area contributed by atoms with Crippen molar-refractivity contribution < 1.29 is 4.79 Å². The van der Waals surface area contributed by atoms with Crippen LogP contribution in [0.2, 0.25) is 0 Å². The summed E-state index contributed by atoms with van der Waals surface area (Å²) in [4.78, 5) is 28.3. The van der Waals surface area contributed by atoms with E-state index in [1.54, 1.807) is 20.0 Å². The van der Waals surface area contributed by atoms with Gasteiger partial charge in [0.25, 0.3) is 11.5 Å². The van der Waals surface area contributed by atoms with Gasteiger partial charge in [0.1, 0.15) is 5.56 Å². The highest BCUT2D eigenvalue weighted by molar-refractivity contribution is 14.1. The molecule has 0 saturated heterocycles. The first-order chi connectivity index (χ1) is 9.00. The number of carbonyl (C=O) groups is 1. The van der Waals surface area contributed by atoms with Crippen LogP contribution in [0.1, 0.15) is 16.1 Å². The molecule has 19 heavy (non-hydrogen) atoms. The van der Waals surface area contributed by atoms with Gasteiger partial charge in [-0.25, -0.2) is 0 Å². The Kier molecular flexibility index (Phi) is 4.04. The van der Waals surface area contributed by atoms with Crippen LogP contribution in [0.5, 0.6) is 0 Å². The highest BCUT2D eigenvalue weighted by Gasteiger charge is 2.17. The number of carbonyl (C=O) groups excluding carboxylic acids is 1. The standard InChI is InChI=1S/C14H13IN2O2/c1-9-12(15)8-11(13(18)16-9)14(19)17(2)10-6-4-3-5-7-10/h3-8H,1-2H3,(H,16,18). The minimum atomic E-state index is -0.356. The van der Waals surface area contributed by atoms with Gasteiger partial charge >= 0.3 is 0 Å². The van der Waals surface area contributed by atoms with Gasteiger partial charge in [-0.2, -0.15) is 0 Å². The predicted octanol–water partition coefficient (Wildman–Crippen LogP) is 2.56. The van der Waals surface area contributed by atoms with Crippen LogP contribution in [0.3, 0.4) is 0 Å². The molecule has 0 bridgehead atoms. The Morgan fingerprint density at radius 2 is 1.89 bits per heavy atom. The zero-order chi connectivity index (χ0) is 14.0. The van der Waals surface area contributed by atoms with Gasteiger partial charge in [-0.15, -0.1) is 0 Å². The van der Waals surface area contributed by atoms with E-state index >= 15 is 0 Å². The summed E-state index contributed by atoms with van der Waals surface area (Å²) in [5.74, 6) is -0.314. The van der Waals surface area contributed by atoms with Gasteiger partial charge in [0.15, 0.2) is 0 Å². The quantitative estimate of drug-likeness (QED) is 0.829. The molecule has 2 rings (SSSR count). The number of benzene rings is 1. The molecule has 0 aliphatic heterocycles. The third-order valence-electron chi connectivity index (χ3n) is 2.85. The van der Waals surface area contributed by atoms with Crippen LogP contribution in [-0.4, -0.2) is 17.9 Å². The van der Waals surface area contributed by atoms with Crippen molar-refractivity contribution in [3.63, 3.8) is 0 Å². The molecule has 1 aromatic carbocycles. The van der Waals surface area contributed by atoms with Gasteiger partial charge in [-0.1, -0.05) is 18.2 Å². The van der Waals surface area contributed by atoms with Crippen LogP contribution in [-0.2, 0) is 0 Å². The number of pyridine rings is 1. The van der Waals surface area contributed by atoms with Gasteiger partial charge < -0.3 is 9.88 Å². The molecular weight excluding hydrogens is 355 g/mol. The van der Waals surface area contributed by atoms with E-state index in [1.165, 1.54) is 4.90 Å². The lowest BCUT2D eigenvalue weighted by molar-refractivity contribution is 0.0991. The minimum absolute atomic E-state index is 0.154. The number of halogens is 1. The van der Waals surface area contributed by atoms with Gasteiger partial charge in [0.05, 0.1) is 0 Å². The highest BCUT2D eigenvalue weighted by atomic mass is 127. The molecule has 0 spiro atoms. The van der Waals surface area contributed by atoms with Crippen LogP contribution in [0.25, 0.3) is 0 Å². The Morgan fingerprint density at radius 1 is 1.26 bits per heavy atom. The molecule has 4 nitrogen and oxygen atoms in total. The van der Waals surface area contributed by atoms with Crippen molar-refractivity contribution in [2.45, 2.75) is 6.92 Å². The maximum Gasteiger partial charge on any atom is 0.263 e. The van der Waals surface area contributed by atoms with E-state index in [1.807, 2.05) is 30.3 Å². The first-order valence-corrected chi connectivity index (χ1v) is 6.81. The maximum atomic E-state index is 12.3. The largest absolute Gasteiger partial charge is 0.325 e. The van der Waals surface area contributed by atoms with E-state index in [-0.39, 0.29) is 17.0 Å². The van der Waals surface area contributed by atoms with E-state index < -0.39 is 0 Å². The molecule has 0 saturated carbocycles. The summed E-state index contributed by atoms with van der Waals surface area (Å²) in [6, 6.07) is 10.8. The molecule has 2 aromatic rings. The second-order valence-corrected chi connectivity index (χ2v) is 5.35. The number of aryl methyl sites for hydroxylation is 1. The van der Waals surface area contributed by atoms with Crippen molar-refractivity contribution in [3.05, 3.63) is 61.6 Å². The van der Waals surface area contributed by atoms with Crippen molar-refractivity contribution >= 4 is 34.2 Å². The lowest BCUT2D eigenvalue weighted by atomic mass is 10.2. The first-order valence-electron chi connectivity index (χ1n) is 5.73. The molecule has 1 aromatic heterocycles. The van der Waals surface area contributed by atoms with Crippen LogP contribution >= 0.6 is 22.6 Å². The highest BCUT2D eigenvalue weighted by Crippen LogP contribution is 2.15. The number of rotatable bonds is 2. The van der Waals surface area contributed by atoms with Crippen LogP contribution in [0, 0.1) is 10.5 Å². The lowest BCUT2D eigenvalue weighted by Crippen LogP contribution is -2.32. The molecule has 0 radical (unpaired) electrons. The Hall–Kier alpha value is -1.63. The van der Waals surface area contributed by atoms with E-state index in [0.29, 0.717) is 0 Å². The molecule has 0 unspecified atom stereocenters. The molecule has 5 heteroatoms. The summed E-state index contributed by atoms with van der Waals surface area (Å²) >= 11 is 2.10. The summed E-state index contributed by atoms with van der Waals surface area (Å²) < 4.78 is 0.863. The number of hydrogen-bond acceptors (Lipinski definition) is 2. The molecule has 1 amide bonds. The Morgan fingerprint density at radius 3 is 2.53 bits per heavy atom. The number of aromatic nitrogens is 1. The number of nitrogens with one attached hydrogen (secondary N) is 1. The number of anilines is 1. The first kappa shape index (κ1) is 13.8.